The first-order chi connectivity index (χ1) is 17.1. The normalized spacial score (nSPS) is 26.2. The van der Waals surface area contributed by atoms with Crippen LogP contribution in [-0.2, 0) is 38.8 Å². The van der Waals surface area contributed by atoms with E-state index in [9.17, 15) is 31.1 Å². The van der Waals surface area contributed by atoms with Crippen LogP contribution in [0.2, 0.25) is 0 Å². The van der Waals surface area contributed by atoms with Crippen LogP contribution in [-0.4, -0.2) is 23.7 Å². The van der Waals surface area contributed by atoms with E-state index < -0.39 is 53.2 Å². The minimum atomic E-state index is -4.94. The lowest BCUT2D eigenvalue weighted by atomic mass is 9.80. The lowest BCUT2D eigenvalue weighted by molar-refractivity contribution is -0.160. The Morgan fingerprint density at radius 2 is 1.54 bits per heavy atom. The third kappa shape index (κ3) is 5.95. The van der Waals surface area contributed by atoms with E-state index in [0.29, 0.717) is 31.4 Å². The average Bonchev–Trinajstić information content (AvgIpc) is 3.11. The molecule has 0 amide bonds. The molecule has 2 fully saturated rings. The maximum absolute atomic E-state index is 13.3. The Morgan fingerprint density at radius 1 is 0.946 bits per heavy atom. The second-order valence-electron chi connectivity index (χ2n) is 10.7. The topological polar surface area (TPSA) is 47.6 Å². The van der Waals surface area contributed by atoms with Crippen molar-refractivity contribution >= 4 is 5.97 Å². The zero-order valence-electron chi connectivity index (χ0n) is 20.7. The number of rotatable bonds is 5. The number of carbonyl (C=O) groups is 1. The Hall–Kier alpha value is -2.59. The molecule has 0 aliphatic carbocycles. The fourth-order valence-electron chi connectivity index (χ4n) is 5.33. The molecule has 4 nitrogen and oxygen atoms in total. The van der Waals surface area contributed by atoms with E-state index >= 15 is 0 Å². The maximum Gasteiger partial charge on any atom is 0.416 e. The van der Waals surface area contributed by atoms with Crippen molar-refractivity contribution in [1.82, 2.24) is 5.32 Å². The lowest BCUT2D eigenvalue weighted by Crippen LogP contribution is -2.54. The first-order valence-corrected chi connectivity index (χ1v) is 12.0. The molecule has 0 aromatic heterocycles. The number of hydrogen-bond acceptors (Lipinski definition) is 4. The molecular weight excluding hydrogens is 500 g/mol. The van der Waals surface area contributed by atoms with Crippen LogP contribution in [0.4, 0.5) is 26.3 Å². The molecule has 2 aliphatic heterocycles. The first-order valence-electron chi connectivity index (χ1n) is 12.0. The van der Waals surface area contributed by atoms with Crippen LogP contribution in [0.15, 0.2) is 48.5 Å². The summed E-state index contributed by atoms with van der Waals surface area (Å²) in [6, 6.07) is 10.5. The third-order valence-corrected chi connectivity index (χ3v) is 6.86. The minimum absolute atomic E-state index is 0.101. The number of piperidine rings is 1. The quantitative estimate of drug-likeness (QED) is 0.350. The van der Waals surface area contributed by atoms with Crippen molar-refractivity contribution in [2.75, 3.05) is 0 Å². The molecule has 2 aromatic carbocycles. The van der Waals surface area contributed by atoms with Crippen LogP contribution >= 0.6 is 0 Å². The van der Waals surface area contributed by atoms with Gasteiger partial charge in [0.15, 0.2) is 0 Å². The first kappa shape index (κ1) is 27.4. The van der Waals surface area contributed by atoms with Crippen molar-refractivity contribution in [2.24, 2.45) is 5.92 Å². The van der Waals surface area contributed by atoms with Gasteiger partial charge >= 0.3 is 18.3 Å². The summed E-state index contributed by atoms with van der Waals surface area (Å²) in [6.07, 6.45) is -9.13. The number of hydrogen-bond donors (Lipinski definition) is 1. The fraction of sp³-hybridized carbons (Fsp3) is 0.519. The zero-order valence-corrected chi connectivity index (χ0v) is 20.7. The van der Waals surface area contributed by atoms with Crippen molar-refractivity contribution in [2.45, 2.75) is 82.3 Å². The van der Waals surface area contributed by atoms with Gasteiger partial charge in [-0.15, -0.1) is 0 Å². The van der Waals surface area contributed by atoms with Crippen LogP contribution in [0.5, 0.6) is 0 Å². The molecule has 37 heavy (non-hydrogen) atoms. The van der Waals surface area contributed by atoms with E-state index in [4.69, 9.17) is 9.47 Å². The molecule has 0 saturated carbocycles. The maximum atomic E-state index is 13.3. The van der Waals surface area contributed by atoms with Crippen molar-refractivity contribution in [3.8, 4) is 0 Å². The van der Waals surface area contributed by atoms with Gasteiger partial charge in [-0.05, 0) is 69.4 Å². The molecule has 2 bridgehead atoms. The molecule has 4 atom stereocenters. The number of ether oxygens (including phenoxy) is 2. The molecule has 4 rings (SSSR count). The highest BCUT2D eigenvalue weighted by Gasteiger charge is 2.57. The highest BCUT2D eigenvalue weighted by molar-refractivity contribution is 5.75. The molecule has 2 saturated heterocycles. The predicted octanol–water partition coefficient (Wildman–Crippen LogP) is 6.62. The largest absolute Gasteiger partial charge is 0.460 e. The Morgan fingerprint density at radius 3 is 2.08 bits per heavy atom. The number of halogens is 6. The number of fused-ring (bicyclic) bond motifs is 2. The number of carbonyl (C=O) groups excluding carboxylic acids is 1. The van der Waals surface area contributed by atoms with E-state index in [1.807, 2.05) is 30.3 Å². The fourth-order valence-corrected chi connectivity index (χ4v) is 5.33. The predicted molar refractivity (Wildman–Crippen MR) is 123 cm³/mol. The van der Waals surface area contributed by atoms with Gasteiger partial charge in [-0.3, -0.25) is 4.79 Å². The Kier molecular flexibility index (Phi) is 7.13. The molecule has 0 spiro atoms. The molecule has 2 aromatic rings. The van der Waals surface area contributed by atoms with E-state index in [1.54, 1.807) is 20.8 Å². The van der Waals surface area contributed by atoms with Gasteiger partial charge in [0.2, 0.25) is 0 Å². The second kappa shape index (κ2) is 9.62. The Labute approximate surface area is 211 Å². The molecular formula is C27H29F6NO3. The summed E-state index contributed by atoms with van der Waals surface area (Å²) < 4.78 is 91.6. The van der Waals surface area contributed by atoms with Crippen molar-refractivity contribution in [1.29, 1.82) is 0 Å². The van der Waals surface area contributed by atoms with Crippen LogP contribution in [0, 0.1) is 5.92 Å². The summed E-state index contributed by atoms with van der Waals surface area (Å²) >= 11 is 0. The van der Waals surface area contributed by atoms with E-state index in [0.717, 1.165) is 5.56 Å². The summed E-state index contributed by atoms with van der Waals surface area (Å²) in [5.41, 5.74) is -3.69. The van der Waals surface area contributed by atoms with Crippen molar-refractivity contribution < 1.29 is 40.6 Å². The van der Waals surface area contributed by atoms with Gasteiger partial charge in [-0.2, -0.15) is 26.3 Å². The molecule has 2 heterocycles. The Balaban J connectivity index is 1.63. The average molecular weight is 530 g/mol. The summed E-state index contributed by atoms with van der Waals surface area (Å²) in [5, 5.41) is 3.51. The number of benzene rings is 2. The highest BCUT2D eigenvalue weighted by atomic mass is 19.4. The Bertz CT molecular complexity index is 1090. The van der Waals surface area contributed by atoms with Crippen LogP contribution in [0.3, 0.4) is 0 Å². The minimum Gasteiger partial charge on any atom is -0.460 e. The van der Waals surface area contributed by atoms with Crippen molar-refractivity contribution in [3.63, 3.8) is 0 Å². The van der Waals surface area contributed by atoms with Gasteiger partial charge in [-0.1, -0.05) is 30.3 Å². The standard InChI is InChI=1S/C27H29F6NO3/c1-24(2,3)37-23(35)20-14-25(17-7-5-4-6-8-17)22(10-9-21(20)34-25)36-15-16-11-18(26(28,29)30)13-19(12-16)27(31,32)33/h4-8,11-13,20-22,34H,9-10,14-15H2,1-3H3/t20-,21-,22+,25+/m0/s1. The third-order valence-electron chi connectivity index (χ3n) is 6.86. The summed E-state index contributed by atoms with van der Waals surface area (Å²) in [6.45, 7) is 4.89. The smallest absolute Gasteiger partial charge is 0.416 e. The highest BCUT2D eigenvalue weighted by Crippen LogP contribution is 2.48. The van der Waals surface area contributed by atoms with E-state index in [-0.39, 0.29) is 23.6 Å². The van der Waals surface area contributed by atoms with Crippen LogP contribution in [0.25, 0.3) is 0 Å². The van der Waals surface area contributed by atoms with E-state index in [2.05, 4.69) is 5.32 Å². The molecule has 0 radical (unpaired) electrons. The molecule has 1 N–H and O–H groups in total. The van der Waals surface area contributed by atoms with Gasteiger partial charge in [0, 0.05) is 6.04 Å². The van der Waals surface area contributed by atoms with Crippen molar-refractivity contribution in [3.05, 3.63) is 70.8 Å². The van der Waals surface area contributed by atoms with Crippen LogP contribution < -0.4 is 5.32 Å². The monoisotopic (exact) mass is 529 g/mol. The summed E-state index contributed by atoms with van der Waals surface area (Å²) in [5.74, 6) is -0.824. The van der Waals surface area contributed by atoms with Gasteiger partial charge in [0.05, 0.1) is 35.3 Å². The summed E-state index contributed by atoms with van der Waals surface area (Å²) in [7, 11) is 0. The van der Waals surface area contributed by atoms with Gasteiger partial charge in [0.25, 0.3) is 0 Å². The SMILES string of the molecule is CC(C)(C)OC(=O)[C@H]1C[C@]2(c3ccccc3)N[C@H]1CC[C@H]2OCc1cc(C(F)(F)F)cc(C(F)(F)F)c1. The van der Waals surface area contributed by atoms with Gasteiger partial charge in [-0.25, -0.2) is 0 Å². The van der Waals surface area contributed by atoms with Gasteiger partial charge in [0.1, 0.15) is 5.60 Å². The molecule has 0 unspecified atom stereocenters. The zero-order chi connectivity index (χ0) is 27.2. The second-order valence-corrected chi connectivity index (χ2v) is 10.7. The number of nitrogens with one attached hydrogen (secondary N) is 1. The molecule has 10 heteroatoms. The summed E-state index contributed by atoms with van der Waals surface area (Å²) in [4.78, 5) is 13.0. The molecule has 2 aliphatic rings. The van der Waals surface area contributed by atoms with E-state index in [1.165, 1.54) is 0 Å². The molecule has 202 valence electrons. The number of alkyl halides is 6. The number of esters is 1. The lowest BCUT2D eigenvalue weighted by Gasteiger charge is -2.42. The van der Waals surface area contributed by atoms with Crippen LogP contribution in [0.1, 0.15) is 62.3 Å². The van der Waals surface area contributed by atoms with Gasteiger partial charge < -0.3 is 14.8 Å².